The van der Waals surface area contributed by atoms with Gasteiger partial charge in [0.1, 0.15) is 23.0 Å². The topological polar surface area (TPSA) is 8.51 Å². The molecule has 0 spiro atoms. The summed E-state index contributed by atoms with van der Waals surface area (Å²) in [5, 5.41) is 2.15. The van der Waals surface area contributed by atoms with E-state index in [1.807, 2.05) is 12.1 Å². The summed E-state index contributed by atoms with van der Waals surface area (Å²) in [5.74, 6) is -0.204. The number of hydrogen-bond donors (Lipinski definition) is 0. The van der Waals surface area contributed by atoms with Gasteiger partial charge in [-0.2, -0.15) is 8.80 Å². The summed E-state index contributed by atoms with van der Waals surface area (Å²) in [5.41, 5.74) is 5.80. The smallest absolute Gasteiger partial charge is 0.207 e. The van der Waals surface area contributed by atoms with Crippen LogP contribution >= 0.6 is 0 Å². The van der Waals surface area contributed by atoms with Crippen LogP contribution in [-0.2, 0) is 6.42 Å². The molecule has 0 atom stereocenters. The Hall–Kier alpha value is -2.94. The third-order valence-electron chi connectivity index (χ3n) is 4.96. The Morgan fingerprint density at radius 2 is 1.80 bits per heavy atom. The molecule has 0 aliphatic carbocycles. The summed E-state index contributed by atoms with van der Waals surface area (Å²) in [7, 11) is 0. The Morgan fingerprint density at radius 3 is 2.68 bits per heavy atom. The lowest BCUT2D eigenvalue weighted by molar-refractivity contribution is -0.479. The molecule has 0 unspecified atom stereocenters. The quantitative estimate of drug-likeness (QED) is 0.399. The number of aryl methyl sites for hydroxylation is 1. The molecule has 0 N–H and O–H groups in total. The third kappa shape index (κ3) is 2.12. The first-order valence-electron chi connectivity index (χ1n) is 8.71. The first-order chi connectivity index (χ1) is 12.2. The lowest BCUT2D eigenvalue weighted by Crippen LogP contribution is -2.19. The lowest BCUT2D eigenvalue weighted by atomic mass is 10.1. The van der Waals surface area contributed by atoms with Gasteiger partial charge in [0.05, 0.1) is 0 Å². The van der Waals surface area contributed by atoms with Gasteiger partial charge in [0.25, 0.3) is 5.65 Å². The van der Waals surface area contributed by atoms with Crippen molar-refractivity contribution in [1.82, 2.24) is 4.40 Å². The second-order valence-electron chi connectivity index (χ2n) is 6.63. The number of fused-ring (bicyclic) bond motifs is 7. The van der Waals surface area contributed by atoms with E-state index >= 15 is 0 Å². The first-order valence-corrected chi connectivity index (χ1v) is 8.71. The van der Waals surface area contributed by atoms with Gasteiger partial charge in [0, 0.05) is 16.8 Å². The average molecular weight is 329 g/mol. The molecular formula is C22H18FN2+. The lowest BCUT2D eigenvalue weighted by Gasteiger charge is -2.02. The Bertz CT molecular complexity index is 1270. The summed E-state index contributed by atoms with van der Waals surface area (Å²) in [4.78, 5) is 0. The number of nitrogens with zero attached hydrogens (tertiary/aromatic N) is 2. The number of hydrogen-bond acceptors (Lipinski definition) is 0. The van der Waals surface area contributed by atoms with Crippen molar-refractivity contribution in [1.29, 1.82) is 0 Å². The van der Waals surface area contributed by atoms with Crippen LogP contribution in [0.25, 0.3) is 33.0 Å². The minimum atomic E-state index is -0.204. The fraction of sp³-hybridized carbons (Fsp3) is 0.136. The molecule has 0 saturated heterocycles. The number of pyridine rings is 2. The standard InChI is InChI=1S/C22H18FN2/c1-2-3-15-4-9-21-16(12-15)5-8-19-14-24-20-10-7-18(23)13-17(20)6-11-22(24)25(19)21/h4-14H,2-3H2,1H3/q+1. The van der Waals surface area contributed by atoms with Gasteiger partial charge in [-0.05, 0) is 60.5 Å². The molecule has 0 amide bonds. The molecule has 0 saturated carbocycles. The van der Waals surface area contributed by atoms with E-state index in [9.17, 15) is 4.39 Å². The maximum atomic E-state index is 13.5. The first kappa shape index (κ1) is 14.4. The van der Waals surface area contributed by atoms with E-state index < -0.39 is 0 Å². The molecule has 0 radical (unpaired) electrons. The van der Waals surface area contributed by atoms with Crippen molar-refractivity contribution >= 4 is 33.0 Å². The van der Waals surface area contributed by atoms with Crippen molar-refractivity contribution in [2.75, 3.05) is 0 Å². The molecule has 0 aliphatic heterocycles. The molecule has 0 fully saturated rings. The van der Waals surface area contributed by atoms with Gasteiger partial charge in [0.15, 0.2) is 5.52 Å². The van der Waals surface area contributed by atoms with Crippen molar-refractivity contribution in [2.24, 2.45) is 0 Å². The number of rotatable bonds is 2. The molecule has 3 aromatic heterocycles. The van der Waals surface area contributed by atoms with E-state index in [-0.39, 0.29) is 5.82 Å². The fourth-order valence-electron chi connectivity index (χ4n) is 3.83. The zero-order chi connectivity index (χ0) is 17.0. The SMILES string of the molecule is CCCc1ccc2c(ccc3c[n+]4c5ccc(F)cc5ccc4n32)c1. The maximum Gasteiger partial charge on any atom is 0.292 e. The van der Waals surface area contributed by atoms with Crippen LogP contribution in [0.2, 0.25) is 0 Å². The number of benzene rings is 2. The highest BCUT2D eigenvalue weighted by Gasteiger charge is 2.17. The highest BCUT2D eigenvalue weighted by molar-refractivity contribution is 5.86. The number of imidazole rings is 1. The van der Waals surface area contributed by atoms with Gasteiger partial charge in [0.2, 0.25) is 0 Å². The fourth-order valence-corrected chi connectivity index (χ4v) is 3.83. The molecule has 3 heteroatoms. The zero-order valence-electron chi connectivity index (χ0n) is 14.0. The van der Waals surface area contributed by atoms with Crippen LogP contribution in [0.3, 0.4) is 0 Å². The monoisotopic (exact) mass is 329 g/mol. The van der Waals surface area contributed by atoms with Crippen LogP contribution in [0.5, 0.6) is 0 Å². The molecule has 2 nitrogen and oxygen atoms in total. The van der Waals surface area contributed by atoms with Crippen LogP contribution in [0.1, 0.15) is 18.9 Å². The highest BCUT2D eigenvalue weighted by Crippen LogP contribution is 2.23. The van der Waals surface area contributed by atoms with Gasteiger partial charge in [-0.1, -0.05) is 19.4 Å². The van der Waals surface area contributed by atoms with Crippen molar-refractivity contribution in [3.05, 3.63) is 78.2 Å². The molecule has 3 heterocycles. The Morgan fingerprint density at radius 1 is 0.920 bits per heavy atom. The molecule has 0 aliphatic rings. The van der Waals surface area contributed by atoms with Crippen LogP contribution in [0, 0.1) is 5.82 Å². The molecule has 5 rings (SSSR count). The molecule has 2 aromatic carbocycles. The maximum absolute atomic E-state index is 13.5. The normalized spacial score (nSPS) is 11.9. The summed E-state index contributed by atoms with van der Waals surface area (Å²) in [6, 6.07) is 20.1. The van der Waals surface area contributed by atoms with Crippen molar-refractivity contribution < 1.29 is 8.79 Å². The second kappa shape index (κ2) is 5.28. The molecule has 25 heavy (non-hydrogen) atoms. The van der Waals surface area contributed by atoms with Crippen molar-refractivity contribution in [2.45, 2.75) is 19.8 Å². The second-order valence-corrected chi connectivity index (χ2v) is 6.63. The largest absolute Gasteiger partial charge is 0.292 e. The Balaban J connectivity index is 1.90. The van der Waals surface area contributed by atoms with Gasteiger partial charge in [-0.3, -0.25) is 0 Å². The van der Waals surface area contributed by atoms with Crippen molar-refractivity contribution in [3.8, 4) is 0 Å². The van der Waals surface area contributed by atoms with Crippen LogP contribution in [0.15, 0.2) is 66.9 Å². The van der Waals surface area contributed by atoms with Crippen LogP contribution < -0.4 is 4.40 Å². The predicted octanol–water partition coefficient (Wildman–Crippen LogP) is 5.08. The number of halogens is 1. The summed E-state index contributed by atoms with van der Waals surface area (Å²) in [6.07, 6.45) is 4.37. The van der Waals surface area contributed by atoms with Crippen LogP contribution in [-0.4, -0.2) is 4.40 Å². The Kier molecular flexibility index (Phi) is 3.04. The molecule has 122 valence electrons. The Labute approximate surface area is 144 Å². The highest BCUT2D eigenvalue weighted by atomic mass is 19.1. The summed E-state index contributed by atoms with van der Waals surface area (Å²) < 4.78 is 17.9. The van der Waals surface area contributed by atoms with E-state index in [1.54, 1.807) is 6.07 Å². The van der Waals surface area contributed by atoms with E-state index in [0.29, 0.717) is 0 Å². The van der Waals surface area contributed by atoms with E-state index in [0.717, 1.165) is 34.9 Å². The zero-order valence-corrected chi connectivity index (χ0v) is 14.0. The third-order valence-corrected chi connectivity index (χ3v) is 4.96. The minimum Gasteiger partial charge on any atom is -0.207 e. The molecule has 0 bridgehead atoms. The number of aromatic nitrogens is 2. The van der Waals surface area contributed by atoms with Gasteiger partial charge in [-0.25, -0.2) is 4.39 Å². The minimum absolute atomic E-state index is 0.204. The van der Waals surface area contributed by atoms with Gasteiger partial charge < -0.3 is 0 Å². The van der Waals surface area contributed by atoms with Crippen LogP contribution in [0.4, 0.5) is 4.39 Å². The van der Waals surface area contributed by atoms with Crippen molar-refractivity contribution in [3.63, 3.8) is 0 Å². The van der Waals surface area contributed by atoms with E-state index in [1.165, 1.54) is 22.5 Å². The summed E-state index contributed by atoms with van der Waals surface area (Å²) in [6.45, 7) is 2.21. The summed E-state index contributed by atoms with van der Waals surface area (Å²) >= 11 is 0. The van der Waals surface area contributed by atoms with Gasteiger partial charge >= 0.3 is 0 Å². The predicted molar refractivity (Wildman–Crippen MR) is 99.5 cm³/mol. The van der Waals surface area contributed by atoms with Gasteiger partial charge in [-0.15, -0.1) is 0 Å². The average Bonchev–Trinajstić information content (AvgIpc) is 3.00. The van der Waals surface area contributed by atoms with E-state index in [4.69, 9.17) is 0 Å². The molecular weight excluding hydrogens is 311 g/mol. The molecule has 5 aromatic rings. The van der Waals surface area contributed by atoms with E-state index in [2.05, 4.69) is 58.3 Å².